The Bertz CT molecular complexity index is 659. The number of nitrogens with zero attached hydrogens (tertiary/aromatic N) is 1. The van der Waals surface area contributed by atoms with Crippen LogP contribution in [0.4, 0.5) is 4.79 Å². The first-order valence-electron chi connectivity index (χ1n) is 8.54. The SMILES string of the molecule is CC[C@]1(C)NC(=O)N(NC(=O)c2cc3c(s2)CCCCCC3)C1=O. The van der Waals surface area contributed by atoms with Crippen LogP contribution >= 0.6 is 11.3 Å². The third-order valence-electron chi connectivity index (χ3n) is 4.90. The number of urea groups is 1. The van der Waals surface area contributed by atoms with Crippen molar-refractivity contribution in [1.29, 1.82) is 0 Å². The van der Waals surface area contributed by atoms with E-state index in [0.29, 0.717) is 11.3 Å². The van der Waals surface area contributed by atoms with Crippen molar-refractivity contribution in [2.24, 2.45) is 0 Å². The number of aryl methyl sites for hydroxylation is 2. The third kappa shape index (κ3) is 3.05. The van der Waals surface area contributed by atoms with E-state index in [-0.39, 0.29) is 0 Å². The zero-order valence-electron chi connectivity index (χ0n) is 14.1. The minimum Gasteiger partial charge on any atom is -0.322 e. The first-order chi connectivity index (χ1) is 11.4. The highest BCUT2D eigenvalue weighted by molar-refractivity contribution is 7.14. The lowest BCUT2D eigenvalue weighted by Gasteiger charge is -2.19. The Labute approximate surface area is 145 Å². The molecule has 1 atom stereocenters. The van der Waals surface area contributed by atoms with Crippen LogP contribution in [0.2, 0.25) is 0 Å². The Kier molecular flexibility index (Phi) is 4.62. The van der Waals surface area contributed by atoms with Crippen molar-refractivity contribution in [3.05, 3.63) is 21.4 Å². The summed E-state index contributed by atoms with van der Waals surface area (Å²) in [5.41, 5.74) is 2.75. The number of fused-ring (bicyclic) bond motifs is 1. The minimum absolute atomic E-state index is 0.393. The second-order valence-electron chi connectivity index (χ2n) is 6.67. The quantitative estimate of drug-likeness (QED) is 0.824. The van der Waals surface area contributed by atoms with E-state index in [9.17, 15) is 14.4 Å². The summed E-state index contributed by atoms with van der Waals surface area (Å²) in [7, 11) is 0. The highest BCUT2D eigenvalue weighted by Crippen LogP contribution is 2.29. The molecule has 2 aliphatic rings. The standard InChI is InChI=1S/C17H23N3O3S/c1-3-17(2)15(22)20(16(23)18-17)19-14(21)13-10-11-8-6-4-5-7-9-12(11)24-13/h10H,3-9H2,1-2H3,(H,18,23)(H,19,21)/t17-/m0/s1. The van der Waals surface area contributed by atoms with Crippen LogP contribution in [0.15, 0.2) is 6.07 Å². The monoisotopic (exact) mass is 349 g/mol. The maximum absolute atomic E-state index is 12.5. The summed E-state index contributed by atoms with van der Waals surface area (Å²) < 4.78 is 0. The summed E-state index contributed by atoms with van der Waals surface area (Å²) in [6.07, 6.45) is 7.23. The van der Waals surface area contributed by atoms with Gasteiger partial charge >= 0.3 is 6.03 Å². The highest BCUT2D eigenvalue weighted by Gasteiger charge is 2.47. The van der Waals surface area contributed by atoms with E-state index in [2.05, 4.69) is 10.7 Å². The number of imide groups is 1. The molecule has 1 aliphatic heterocycles. The average Bonchev–Trinajstić information content (AvgIpc) is 3.02. The van der Waals surface area contributed by atoms with Crippen LogP contribution < -0.4 is 10.7 Å². The van der Waals surface area contributed by atoms with Crippen LogP contribution in [0.1, 0.15) is 66.1 Å². The van der Waals surface area contributed by atoms with Crippen molar-refractivity contribution in [2.45, 2.75) is 64.3 Å². The van der Waals surface area contributed by atoms with Crippen molar-refractivity contribution in [3.63, 3.8) is 0 Å². The Hall–Kier alpha value is -1.89. The summed E-state index contributed by atoms with van der Waals surface area (Å²) in [5, 5.41) is 3.44. The number of carbonyl (C=O) groups is 3. The number of hydrogen-bond acceptors (Lipinski definition) is 4. The Morgan fingerprint density at radius 3 is 2.67 bits per heavy atom. The molecule has 24 heavy (non-hydrogen) atoms. The molecule has 2 heterocycles. The van der Waals surface area contributed by atoms with E-state index in [4.69, 9.17) is 0 Å². The van der Waals surface area contributed by atoms with Gasteiger partial charge in [0, 0.05) is 4.88 Å². The van der Waals surface area contributed by atoms with E-state index in [0.717, 1.165) is 30.7 Å². The largest absolute Gasteiger partial charge is 0.344 e. The molecule has 0 bridgehead atoms. The van der Waals surface area contributed by atoms with E-state index in [1.807, 2.05) is 13.0 Å². The second kappa shape index (κ2) is 6.55. The van der Waals surface area contributed by atoms with E-state index in [1.54, 1.807) is 6.92 Å². The van der Waals surface area contributed by atoms with Crippen LogP contribution in [0.5, 0.6) is 0 Å². The van der Waals surface area contributed by atoms with Gasteiger partial charge in [-0.1, -0.05) is 19.8 Å². The number of hydrogen-bond donors (Lipinski definition) is 2. The van der Waals surface area contributed by atoms with Gasteiger partial charge in [-0.3, -0.25) is 15.0 Å². The van der Waals surface area contributed by atoms with Gasteiger partial charge in [-0.25, -0.2) is 4.79 Å². The molecule has 0 unspecified atom stereocenters. The van der Waals surface area contributed by atoms with Crippen molar-refractivity contribution < 1.29 is 14.4 Å². The number of thiophene rings is 1. The van der Waals surface area contributed by atoms with Crippen LogP contribution in [0.3, 0.4) is 0 Å². The topological polar surface area (TPSA) is 78.5 Å². The number of carbonyl (C=O) groups excluding carboxylic acids is 3. The van der Waals surface area contributed by atoms with E-state index < -0.39 is 23.4 Å². The molecule has 0 saturated carbocycles. The lowest BCUT2D eigenvalue weighted by Crippen LogP contribution is -2.48. The molecule has 1 aromatic heterocycles. The number of amides is 4. The predicted octanol–water partition coefficient (Wildman–Crippen LogP) is 2.77. The van der Waals surface area contributed by atoms with Gasteiger partial charge in [0.25, 0.3) is 11.8 Å². The summed E-state index contributed by atoms with van der Waals surface area (Å²) in [4.78, 5) is 38.7. The van der Waals surface area contributed by atoms with E-state index >= 15 is 0 Å². The summed E-state index contributed by atoms with van der Waals surface area (Å²) in [6.45, 7) is 3.49. The smallest absolute Gasteiger partial charge is 0.322 e. The lowest BCUT2D eigenvalue weighted by molar-refractivity contribution is -0.132. The van der Waals surface area contributed by atoms with Crippen molar-refractivity contribution in [3.8, 4) is 0 Å². The molecule has 130 valence electrons. The number of nitrogens with one attached hydrogen (secondary N) is 2. The summed E-state index contributed by atoms with van der Waals surface area (Å²) in [6, 6.07) is 1.34. The second-order valence-corrected chi connectivity index (χ2v) is 7.81. The molecular weight excluding hydrogens is 326 g/mol. The van der Waals surface area contributed by atoms with Crippen molar-refractivity contribution in [1.82, 2.24) is 15.8 Å². The molecule has 1 saturated heterocycles. The maximum atomic E-state index is 12.5. The normalized spacial score (nSPS) is 24.2. The molecule has 1 aliphatic carbocycles. The van der Waals surface area contributed by atoms with Crippen LogP contribution in [-0.4, -0.2) is 28.4 Å². The Morgan fingerprint density at radius 1 is 1.29 bits per heavy atom. The molecule has 0 radical (unpaired) electrons. The molecule has 0 spiro atoms. The zero-order valence-corrected chi connectivity index (χ0v) is 14.9. The van der Waals surface area contributed by atoms with Crippen LogP contribution in [0, 0.1) is 0 Å². The number of rotatable bonds is 3. The molecule has 3 rings (SSSR count). The van der Waals surface area contributed by atoms with E-state index in [1.165, 1.54) is 34.6 Å². The number of hydrazine groups is 1. The van der Waals surface area contributed by atoms with Gasteiger partial charge < -0.3 is 5.32 Å². The average molecular weight is 349 g/mol. The highest BCUT2D eigenvalue weighted by atomic mass is 32.1. The molecule has 4 amide bonds. The van der Waals surface area contributed by atoms with Gasteiger partial charge in [0.15, 0.2) is 0 Å². The van der Waals surface area contributed by atoms with Crippen molar-refractivity contribution >= 4 is 29.2 Å². The van der Waals surface area contributed by atoms with Gasteiger partial charge in [0.05, 0.1) is 4.88 Å². The zero-order chi connectivity index (χ0) is 17.3. The molecule has 1 aromatic rings. The molecular formula is C17H23N3O3S. The molecule has 2 N–H and O–H groups in total. The molecule has 0 aromatic carbocycles. The fourth-order valence-electron chi connectivity index (χ4n) is 3.14. The molecule has 1 fully saturated rings. The fraction of sp³-hybridized carbons (Fsp3) is 0.588. The Morgan fingerprint density at radius 2 is 2.00 bits per heavy atom. The first kappa shape index (κ1) is 17.0. The third-order valence-corrected chi connectivity index (χ3v) is 6.14. The molecule has 6 nitrogen and oxygen atoms in total. The minimum atomic E-state index is -0.950. The lowest BCUT2D eigenvalue weighted by atomic mass is 10.00. The van der Waals surface area contributed by atoms with Gasteiger partial charge in [-0.05, 0) is 50.7 Å². The van der Waals surface area contributed by atoms with Crippen LogP contribution in [0.25, 0.3) is 0 Å². The Balaban J connectivity index is 1.75. The first-order valence-corrected chi connectivity index (χ1v) is 9.35. The molecule has 7 heteroatoms. The summed E-state index contributed by atoms with van der Waals surface area (Å²) >= 11 is 1.48. The van der Waals surface area contributed by atoms with Gasteiger partial charge in [0.1, 0.15) is 5.54 Å². The fourth-order valence-corrected chi connectivity index (χ4v) is 4.28. The van der Waals surface area contributed by atoms with Gasteiger partial charge in [0.2, 0.25) is 0 Å². The maximum Gasteiger partial charge on any atom is 0.344 e. The predicted molar refractivity (Wildman–Crippen MR) is 91.7 cm³/mol. The van der Waals surface area contributed by atoms with Gasteiger partial charge in [-0.2, -0.15) is 5.01 Å². The summed E-state index contributed by atoms with van der Waals surface area (Å²) in [5.74, 6) is -0.811. The van der Waals surface area contributed by atoms with Crippen LogP contribution in [-0.2, 0) is 17.6 Å². The van der Waals surface area contributed by atoms with Crippen molar-refractivity contribution in [2.75, 3.05) is 0 Å². The van der Waals surface area contributed by atoms with Gasteiger partial charge in [-0.15, -0.1) is 11.3 Å².